The molecule has 1 saturated heterocycles. The van der Waals surface area contributed by atoms with Gasteiger partial charge in [-0.3, -0.25) is 0 Å². The van der Waals surface area contributed by atoms with Gasteiger partial charge in [-0.2, -0.15) is 0 Å². The molecule has 0 aromatic rings. The van der Waals surface area contributed by atoms with E-state index < -0.39 is 5.60 Å². The zero-order valence-corrected chi connectivity index (χ0v) is 14.2. The van der Waals surface area contributed by atoms with E-state index in [1.165, 1.54) is 25.7 Å². The Labute approximate surface area is 129 Å². The van der Waals surface area contributed by atoms with Crippen molar-refractivity contribution in [2.45, 2.75) is 83.9 Å². The largest absolute Gasteiger partial charge is 0.444 e. The lowest BCUT2D eigenvalue weighted by Crippen LogP contribution is -2.46. The lowest BCUT2D eigenvalue weighted by molar-refractivity contribution is 0.0224. The van der Waals surface area contributed by atoms with E-state index in [-0.39, 0.29) is 6.09 Å². The first kappa shape index (κ1) is 16.6. The average molecular weight is 296 g/mol. The topological polar surface area (TPSA) is 41.6 Å². The number of carbonyl (C=O) groups is 1. The fourth-order valence-corrected chi connectivity index (χ4v) is 3.26. The van der Waals surface area contributed by atoms with Gasteiger partial charge in [0.05, 0.1) is 0 Å². The highest BCUT2D eigenvalue weighted by Gasteiger charge is 2.32. The smallest absolute Gasteiger partial charge is 0.410 e. The molecular formula is C17H32N2O2. The predicted molar refractivity (Wildman–Crippen MR) is 85.4 cm³/mol. The van der Waals surface area contributed by atoms with Gasteiger partial charge in [-0.05, 0) is 52.9 Å². The van der Waals surface area contributed by atoms with Crippen LogP contribution in [0.15, 0.2) is 0 Å². The molecule has 4 heteroatoms. The van der Waals surface area contributed by atoms with Crippen molar-refractivity contribution in [2.24, 2.45) is 5.92 Å². The van der Waals surface area contributed by atoms with Gasteiger partial charge in [-0.25, -0.2) is 4.79 Å². The Kier molecular flexibility index (Phi) is 5.53. The molecule has 1 aliphatic heterocycles. The molecule has 4 nitrogen and oxygen atoms in total. The monoisotopic (exact) mass is 296 g/mol. The van der Waals surface area contributed by atoms with Crippen molar-refractivity contribution < 1.29 is 9.53 Å². The zero-order chi connectivity index (χ0) is 15.5. The number of likely N-dealkylation sites (tertiary alicyclic amines) is 1. The number of ether oxygens (including phenoxy) is 1. The molecule has 1 saturated carbocycles. The summed E-state index contributed by atoms with van der Waals surface area (Å²) in [5.74, 6) is 0.929. The van der Waals surface area contributed by atoms with Crippen molar-refractivity contribution in [1.82, 2.24) is 10.2 Å². The van der Waals surface area contributed by atoms with Gasteiger partial charge in [-0.1, -0.05) is 19.3 Å². The van der Waals surface area contributed by atoms with Crippen molar-refractivity contribution in [1.29, 1.82) is 0 Å². The molecule has 21 heavy (non-hydrogen) atoms. The molecule has 2 unspecified atom stereocenters. The summed E-state index contributed by atoms with van der Waals surface area (Å²) in [5.41, 5.74) is -0.408. The minimum atomic E-state index is -0.408. The molecule has 2 fully saturated rings. The van der Waals surface area contributed by atoms with Gasteiger partial charge in [0.25, 0.3) is 0 Å². The Morgan fingerprint density at radius 3 is 2.57 bits per heavy atom. The minimum Gasteiger partial charge on any atom is -0.444 e. The predicted octanol–water partition coefficient (Wildman–Crippen LogP) is 3.55. The second-order valence-electron chi connectivity index (χ2n) is 7.81. The van der Waals surface area contributed by atoms with Crippen LogP contribution in [0.25, 0.3) is 0 Å². The summed E-state index contributed by atoms with van der Waals surface area (Å²) >= 11 is 0. The van der Waals surface area contributed by atoms with Gasteiger partial charge in [0, 0.05) is 25.2 Å². The Morgan fingerprint density at radius 2 is 2.00 bits per heavy atom. The number of nitrogens with zero attached hydrogens (tertiary/aromatic N) is 1. The third-order valence-electron chi connectivity index (χ3n) is 4.62. The summed E-state index contributed by atoms with van der Waals surface area (Å²) in [4.78, 5) is 14.1. The van der Waals surface area contributed by atoms with E-state index in [9.17, 15) is 4.79 Å². The maximum atomic E-state index is 12.2. The van der Waals surface area contributed by atoms with E-state index in [1.54, 1.807) is 0 Å². The molecule has 0 spiro atoms. The number of carbonyl (C=O) groups excluding carboxylic acids is 1. The first-order valence-electron chi connectivity index (χ1n) is 8.58. The molecule has 2 aliphatic rings. The SMILES string of the molecule is CC(CC1CCC1)NCC1CCCN1C(=O)OC(C)(C)C. The summed E-state index contributed by atoms with van der Waals surface area (Å²) in [7, 11) is 0. The van der Waals surface area contributed by atoms with Crippen LogP contribution in [0.5, 0.6) is 0 Å². The molecule has 1 heterocycles. The Morgan fingerprint density at radius 1 is 1.29 bits per heavy atom. The van der Waals surface area contributed by atoms with Gasteiger partial charge in [0.15, 0.2) is 0 Å². The number of rotatable bonds is 5. The number of hydrogen-bond donors (Lipinski definition) is 1. The standard InChI is InChI=1S/C17H32N2O2/c1-13(11-14-7-5-8-14)18-12-15-9-6-10-19(15)16(20)21-17(2,3)4/h13-15,18H,5-12H2,1-4H3. The van der Waals surface area contributed by atoms with Gasteiger partial charge < -0.3 is 15.0 Å². The first-order valence-corrected chi connectivity index (χ1v) is 8.58. The third-order valence-corrected chi connectivity index (χ3v) is 4.62. The van der Waals surface area contributed by atoms with E-state index in [1.807, 2.05) is 25.7 Å². The van der Waals surface area contributed by atoms with Crippen LogP contribution in [0, 0.1) is 5.92 Å². The fourth-order valence-electron chi connectivity index (χ4n) is 3.26. The summed E-state index contributed by atoms with van der Waals surface area (Å²) < 4.78 is 5.51. The second-order valence-corrected chi connectivity index (χ2v) is 7.81. The van der Waals surface area contributed by atoms with E-state index in [0.717, 1.165) is 31.8 Å². The van der Waals surface area contributed by atoms with Gasteiger partial charge in [0.1, 0.15) is 5.60 Å². The minimum absolute atomic E-state index is 0.154. The van der Waals surface area contributed by atoms with Gasteiger partial charge in [-0.15, -0.1) is 0 Å². The number of hydrogen-bond acceptors (Lipinski definition) is 3. The average Bonchev–Trinajstić information content (AvgIpc) is 2.77. The molecule has 2 atom stereocenters. The third kappa shape index (κ3) is 5.17. The second kappa shape index (κ2) is 6.99. The van der Waals surface area contributed by atoms with Crippen LogP contribution in [-0.2, 0) is 4.74 Å². The molecule has 2 rings (SSSR count). The maximum Gasteiger partial charge on any atom is 0.410 e. The Balaban J connectivity index is 1.74. The number of amides is 1. The molecule has 122 valence electrons. The van der Waals surface area contributed by atoms with Crippen molar-refractivity contribution >= 4 is 6.09 Å². The lowest BCUT2D eigenvalue weighted by atomic mass is 9.81. The van der Waals surface area contributed by atoms with Crippen LogP contribution in [0.4, 0.5) is 4.79 Å². The molecule has 0 bridgehead atoms. The summed E-state index contributed by atoms with van der Waals surface area (Å²) in [6, 6.07) is 0.847. The first-order chi connectivity index (χ1) is 9.85. The van der Waals surface area contributed by atoms with E-state index >= 15 is 0 Å². The van der Waals surface area contributed by atoms with Crippen LogP contribution in [0.1, 0.15) is 66.2 Å². The molecule has 1 N–H and O–H groups in total. The van der Waals surface area contributed by atoms with Crippen molar-refractivity contribution in [3.63, 3.8) is 0 Å². The lowest BCUT2D eigenvalue weighted by Gasteiger charge is -2.31. The maximum absolute atomic E-state index is 12.2. The highest BCUT2D eigenvalue weighted by molar-refractivity contribution is 5.69. The molecular weight excluding hydrogens is 264 g/mol. The van der Waals surface area contributed by atoms with Crippen LogP contribution in [0.3, 0.4) is 0 Å². The van der Waals surface area contributed by atoms with Crippen molar-refractivity contribution in [2.75, 3.05) is 13.1 Å². The highest BCUT2D eigenvalue weighted by Crippen LogP contribution is 2.30. The van der Waals surface area contributed by atoms with Gasteiger partial charge >= 0.3 is 6.09 Å². The Bertz CT molecular complexity index is 347. The summed E-state index contributed by atoms with van der Waals surface area (Å²) in [6.07, 6.45) is 7.51. The quantitative estimate of drug-likeness (QED) is 0.843. The Hall–Kier alpha value is -0.770. The molecule has 0 aromatic heterocycles. The summed E-state index contributed by atoms with van der Waals surface area (Å²) in [5, 5.41) is 3.62. The van der Waals surface area contributed by atoms with E-state index in [4.69, 9.17) is 4.74 Å². The van der Waals surface area contributed by atoms with Crippen LogP contribution in [0.2, 0.25) is 0 Å². The van der Waals surface area contributed by atoms with Crippen molar-refractivity contribution in [3.05, 3.63) is 0 Å². The summed E-state index contributed by atoms with van der Waals surface area (Å²) in [6.45, 7) is 9.77. The molecule has 0 aromatic carbocycles. The van der Waals surface area contributed by atoms with Crippen molar-refractivity contribution in [3.8, 4) is 0 Å². The molecule has 1 aliphatic carbocycles. The molecule has 0 radical (unpaired) electrons. The van der Waals surface area contributed by atoms with Crippen LogP contribution >= 0.6 is 0 Å². The van der Waals surface area contributed by atoms with Crippen LogP contribution in [-0.4, -0.2) is 41.8 Å². The van der Waals surface area contributed by atoms with E-state index in [2.05, 4.69) is 12.2 Å². The normalized spacial score (nSPS) is 24.8. The van der Waals surface area contributed by atoms with Crippen LogP contribution < -0.4 is 5.32 Å². The molecule has 1 amide bonds. The van der Waals surface area contributed by atoms with E-state index in [0.29, 0.717) is 12.1 Å². The van der Waals surface area contributed by atoms with Gasteiger partial charge in [0.2, 0.25) is 0 Å². The zero-order valence-electron chi connectivity index (χ0n) is 14.2. The fraction of sp³-hybridized carbons (Fsp3) is 0.941. The number of nitrogens with one attached hydrogen (secondary N) is 1. The highest BCUT2D eigenvalue weighted by atomic mass is 16.6.